The summed E-state index contributed by atoms with van der Waals surface area (Å²) in [6.07, 6.45) is 0.222. The SMILES string of the molecule is CC(C)[C@H](NC(=O)Cn1c(-c2ccc(F)cc2)ncc(NC(=O)OCc2ccccc2)c1=O)C(=O)c1nnc(C(C)(C)C)o1. The van der Waals surface area contributed by atoms with Crippen LogP contribution in [-0.4, -0.2) is 43.6 Å². The predicted octanol–water partition coefficient (Wildman–Crippen LogP) is 4.50. The number of benzene rings is 2. The molecule has 230 valence electrons. The molecule has 2 heterocycles. The van der Waals surface area contributed by atoms with E-state index in [1.54, 1.807) is 38.1 Å². The van der Waals surface area contributed by atoms with Crippen LogP contribution in [0.2, 0.25) is 0 Å². The lowest BCUT2D eigenvalue weighted by Gasteiger charge is -2.21. The molecule has 0 spiro atoms. The van der Waals surface area contributed by atoms with Gasteiger partial charge in [0.1, 0.15) is 30.5 Å². The summed E-state index contributed by atoms with van der Waals surface area (Å²) in [7, 11) is 0. The standard InChI is InChI=1S/C31H33FN6O6/c1-18(2)24(25(40)27-36-37-29(44-27)31(3,4)5)35-23(39)16-38-26(20-11-13-21(32)14-12-20)33-15-22(28(38)41)34-30(42)43-17-19-9-7-6-8-10-19/h6-15,18,24H,16-17H2,1-5H3,(H,34,42)(H,35,39)/t24-/m0/s1. The van der Waals surface area contributed by atoms with Crippen LogP contribution in [0.1, 0.15) is 56.8 Å². The molecule has 4 aromatic rings. The van der Waals surface area contributed by atoms with E-state index in [2.05, 4.69) is 25.8 Å². The Morgan fingerprint density at radius 1 is 1.02 bits per heavy atom. The van der Waals surface area contributed by atoms with Crippen LogP contribution in [0.15, 0.2) is 70.0 Å². The van der Waals surface area contributed by atoms with E-state index in [0.717, 1.165) is 16.3 Å². The summed E-state index contributed by atoms with van der Waals surface area (Å²) in [6.45, 7) is 8.40. The average molecular weight is 605 g/mol. The van der Waals surface area contributed by atoms with E-state index >= 15 is 0 Å². The molecule has 0 radical (unpaired) electrons. The highest BCUT2D eigenvalue weighted by Crippen LogP contribution is 2.22. The maximum absolute atomic E-state index is 13.6. The van der Waals surface area contributed by atoms with Gasteiger partial charge in [-0.05, 0) is 35.7 Å². The number of nitrogens with one attached hydrogen (secondary N) is 2. The van der Waals surface area contributed by atoms with Crippen LogP contribution in [0.5, 0.6) is 0 Å². The van der Waals surface area contributed by atoms with Crippen LogP contribution in [0.3, 0.4) is 0 Å². The molecule has 44 heavy (non-hydrogen) atoms. The number of Topliss-reactive ketones (excluding diaryl/α,β-unsaturated/α-hetero) is 1. The molecule has 2 aromatic carbocycles. The third kappa shape index (κ3) is 7.79. The fourth-order valence-corrected chi connectivity index (χ4v) is 4.08. The van der Waals surface area contributed by atoms with Gasteiger partial charge in [0.15, 0.2) is 0 Å². The number of aromatic nitrogens is 4. The topological polar surface area (TPSA) is 158 Å². The average Bonchev–Trinajstić information content (AvgIpc) is 3.49. The maximum Gasteiger partial charge on any atom is 0.412 e. The Labute approximate surface area is 252 Å². The van der Waals surface area contributed by atoms with Crippen LogP contribution in [-0.2, 0) is 28.1 Å². The van der Waals surface area contributed by atoms with E-state index < -0.39 is 47.2 Å². The van der Waals surface area contributed by atoms with Crippen LogP contribution in [0, 0.1) is 11.7 Å². The van der Waals surface area contributed by atoms with Gasteiger partial charge in [0.25, 0.3) is 11.4 Å². The lowest BCUT2D eigenvalue weighted by molar-refractivity contribution is -0.122. The molecule has 2 N–H and O–H groups in total. The number of rotatable bonds is 10. The van der Waals surface area contributed by atoms with Gasteiger partial charge in [-0.3, -0.25) is 24.3 Å². The quantitative estimate of drug-likeness (QED) is 0.249. The van der Waals surface area contributed by atoms with E-state index in [1.807, 2.05) is 26.8 Å². The van der Waals surface area contributed by atoms with Gasteiger partial charge < -0.3 is 14.5 Å². The zero-order valence-corrected chi connectivity index (χ0v) is 25.0. The van der Waals surface area contributed by atoms with E-state index in [0.29, 0.717) is 5.56 Å². The number of carbonyl (C=O) groups is 3. The van der Waals surface area contributed by atoms with Crippen molar-refractivity contribution in [1.29, 1.82) is 0 Å². The largest absolute Gasteiger partial charge is 0.444 e. The molecule has 0 saturated carbocycles. The summed E-state index contributed by atoms with van der Waals surface area (Å²) in [4.78, 5) is 56.9. The molecular formula is C31H33FN6O6. The van der Waals surface area contributed by atoms with Crippen LogP contribution >= 0.6 is 0 Å². The van der Waals surface area contributed by atoms with Crippen molar-refractivity contribution in [3.05, 3.63) is 94.3 Å². The molecule has 0 bridgehead atoms. The van der Waals surface area contributed by atoms with Crippen LogP contribution in [0.25, 0.3) is 11.4 Å². The third-order valence-electron chi connectivity index (χ3n) is 6.44. The van der Waals surface area contributed by atoms with Crippen LogP contribution in [0.4, 0.5) is 14.9 Å². The molecule has 4 rings (SSSR count). The third-order valence-corrected chi connectivity index (χ3v) is 6.44. The monoisotopic (exact) mass is 604 g/mol. The Morgan fingerprint density at radius 3 is 2.32 bits per heavy atom. The van der Waals surface area contributed by atoms with Crippen molar-refractivity contribution >= 4 is 23.5 Å². The highest BCUT2D eigenvalue weighted by atomic mass is 19.1. The molecule has 0 aliphatic heterocycles. The van der Waals surface area contributed by atoms with Gasteiger partial charge in [0.2, 0.25) is 17.6 Å². The van der Waals surface area contributed by atoms with Crippen molar-refractivity contribution in [2.24, 2.45) is 5.92 Å². The number of hydrogen-bond acceptors (Lipinski definition) is 9. The minimum Gasteiger partial charge on any atom is -0.444 e. The number of nitrogens with zero attached hydrogens (tertiary/aromatic N) is 4. The molecule has 0 aliphatic rings. The molecule has 12 nitrogen and oxygen atoms in total. The first kappa shape index (κ1) is 31.7. The molecule has 1 atom stereocenters. The first-order valence-corrected chi connectivity index (χ1v) is 13.8. The number of halogens is 1. The number of carbonyl (C=O) groups excluding carboxylic acids is 3. The Hall–Kier alpha value is -5.20. The fourth-order valence-electron chi connectivity index (χ4n) is 4.08. The van der Waals surface area contributed by atoms with Crippen molar-refractivity contribution in [2.75, 3.05) is 5.32 Å². The first-order chi connectivity index (χ1) is 20.8. The summed E-state index contributed by atoms with van der Waals surface area (Å²) >= 11 is 0. The zero-order valence-electron chi connectivity index (χ0n) is 25.0. The highest BCUT2D eigenvalue weighted by molar-refractivity contribution is 5.98. The van der Waals surface area contributed by atoms with Gasteiger partial charge in [0, 0.05) is 11.0 Å². The molecule has 13 heteroatoms. The van der Waals surface area contributed by atoms with Gasteiger partial charge in [-0.25, -0.2) is 14.2 Å². The Morgan fingerprint density at radius 2 is 1.70 bits per heavy atom. The number of anilines is 1. The second kappa shape index (κ2) is 13.4. The summed E-state index contributed by atoms with van der Waals surface area (Å²) in [5, 5.41) is 12.8. The Balaban J connectivity index is 1.58. The smallest absolute Gasteiger partial charge is 0.412 e. The second-order valence-corrected chi connectivity index (χ2v) is 11.4. The zero-order chi connectivity index (χ0) is 32.0. The second-order valence-electron chi connectivity index (χ2n) is 11.4. The van der Waals surface area contributed by atoms with E-state index in [9.17, 15) is 23.6 Å². The Kier molecular flexibility index (Phi) is 9.67. The summed E-state index contributed by atoms with van der Waals surface area (Å²) in [5.41, 5.74) is -0.429. The van der Waals surface area contributed by atoms with Crippen molar-refractivity contribution in [3.63, 3.8) is 0 Å². The number of ketones is 1. The fraction of sp³-hybridized carbons (Fsp3) is 0.323. The van der Waals surface area contributed by atoms with E-state index in [4.69, 9.17) is 9.15 Å². The molecular weight excluding hydrogens is 571 g/mol. The summed E-state index contributed by atoms with van der Waals surface area (Å²) in [5.74, 6) is -2.12. The van der Waals surface area contributed by atoms with Crippen LogP contribution < -0.4 is 16.2 Å². The van der Waals surface area contributed by atoms with Gasteiger partial charge in [0.05, 0.1) is 12.2 Å². The van der Waals surface area contributed by atoms with Gasteiger partial charge in [-0.15, -0.1) is 10.2 Å². The van der Waals surface area contributed by atoms with Crippen molar-refractivity contribution < 1.29 is 27.9 Å². The van der Waals surface area contributed by atoms with Gasteiger partial charge in [-0.2, -0.15) is 0 Å². The minimum atomic E-state index is -1.05. The van der Waals surface area contributed by atoms with Crippen molar-refractivity contribution in [3.8, 4) is 11.4 Å². The minimum absolute atomic E-state index is 0.0347. The molecule has 0 unspecified atom stereocenters. The lowest BCUT2D eigenvalue weighted by Crippen LogP contribution is -2.46. The molecule has 0 fully saturated rings. The highest BCUT2D eigenvalue weighted by Gasteiger charge is 2.32. The van der Waals surface area contributed by atoms with Crippen molar-refractivity contribution in [1.82, 2.24) is 25.1 Å². The molecule has 0 saturated heterocycles. The predicted molar refractivity (Wildman–Crippen MR) is 158 cm³/mol. The number of amides is 2. The first-order valence-electron chi connectivity index (χ1n) is 13.8. The molecule has 2 aromatic heterocycles. The maximum atomic E-state index is 13.6. The van der Waals surface area contributed by atoms with Gasteiger partial charge >= 0.3 is 6.09 Å². The van der Waals surface area contributed by atoms with E-state index in [1.165, 1.54) is 24.3 Å². The molecule has 0 aliphatic carbocycles. The summed E-state index contributed by atoms with van der Waals surface area (Å²) in [6, 6.07) is 13.1. The lowest BCUT2D eigenvalue weighted by atomic mass is 9.97. The number of hydrogen-bond donors (Lipinski definition) is 2. The van der Waals surface area contributed by atoms with Crippen molar-refractivity contribution in [2.45, 2.75) is 59.2 Å². The van der Waals surface area contributed by atoms with Gasteiger partial charge in [-0.1, -0.05) is 65.0 Å². The Bertz CT molecular complexity index is 1690. The number of ether oxygens (including phenoxy) is 1. The molecule has 2 amide bonds. The van der Waals surface area contributed by atoms with E-state index in [-0.39, 0.29) is 35.8 Å². The summed E-state index contributed by atoms with van der Waals surface area (Å²) < 4.78 is 25.4. The normalized spacial score (nSPS) is 12.1.